The Morgan fingerprint density at radius 2 is 2.27 bits per heavy atom. The second-order valence-electron chi connectivity index (χ2n) is 4.12. The molecule has 0 radical (unpaired) electrons. The first-order chi connectivity index (χ1) is 7.22. The van der Waals surface area contributed by atoms with Crippen molar-refractivity contribution in [1.82, 2.24) is 5.32 Å². The summed E-state index contributed by atoms with van der Waals surface area (Å²) in [5, 5.41) is 12.2. The molecule has 1 rings (SSSR count). The average Bonchev–Trinajstić information content (AvgIpc) is 3.07. The minimum atomic E-state index is -0.175. The molecule has 0 aromatic rings. The molecule has 0 spiro atoms. The van der Waals surface area contributed by atoms with Crippen LogP contribution in [0.15, 0.2) is 0 Å². The van der Waals surface area contributed by atoms with Crippen LogP contribution in [0.2, 0.25) is 0 Å². The van der Waals surface area contributed by atoms with Crippen LogP contribution in [0.25, 0.3) is 0 Å². The zero-order chi connectivity index (χ0) is 11.3. The lowest BCUT2D eigenvalue weighted by Gasteiger charge is -2.22. The summed E-state index contributed by atoms with van der Waals surface area (Å²) in [6.07, 6.45) is 3.81. The van der Waals surface area contributed by atoms with Crippen LogP contribution in [0.1, 0.15) is 32.6 Å². The van der Waals surface area contributed by atoms with E-state index in [1.807, 2.05) is 0 Å². The van der Waals surface area contributed by atoms with Crippen LogP contribution in [0.5, 0.6) is 0 Å². The van der Waals surface area contributed by atoms with Gasteiger partial charge in [-0.15, -0.1) is 0 Å². The summed E-state index contributed by atoms with van der Waals surface area (Å²) in [5.41, 5.74) is 0. The van der Waals surface area contributed by atoms with Crippen LogP contribution in [-0.4, -0.2) is 36.9 Å². The lowest BCUT2D eigenvalue weighted by molar-refractivity contribution is -0.144. The largest absolute Gasteiger partial charge is 0.468 e. The molecule has 4 heteroatoms. The molecule has 0 aliphatic heterocycles. The minimum absolute atomic E-state index is 0.157. The van der Waals surface area contributed by atoms with Gasteiger partial charge >= 0.3 is 5.97 Å². The summed E-state index contributed by atoms with van der Waals surface area (Å²) in [4.78, 5) is 11.5. The van der Waals surface area contributed by atoms with Crippen LogP contribution in [-0.2, 0) is 9.53 Å². The van der Waals surface area contributed by atoms with Gasteiger partial charge < -0.3 is 15.2 Å². The van der Waals surface area contributed by atoms with Gasteiger partial charge in [0.1, 0.15) is 6.04 Å². The molecular formula is C11H21NO3. The van der Waals surface area contributed by atoms with Gasteiger partial charge in [0, 0.05) is 12.6 Å². The molecule has 0 saturated heterocycles. The van der Waals surface area contributed by atoms with Gasteiger partial charge in [-0.25, -0.2) is 0 Å². The van der Waals surface area contributed by atoms with Crippen molar-refractivity contribution in [3.63, 3.8) is 0 Å². The number of aliphatic hydroxyl groups excluding tert-OH is 1. The summed E-state index contributed by atoms with van der Waals surface area (Å²) in [7, 11) is 1.42. The number of hydrogen-bond acceptors (Lipinski definition) is 4. The maximum Gasteiger partial charge on any atom is 0.323 e. The number of aliphatic hydroxyl groups is 1. The van der Waals surface area contributed by atoms with Gasteiger partial charge in [-0.1, -0.05) is 6.92 Å². The number of carbonyl (C=O) groups excluding carboxylic acids is 1. The maximum absolute atomic E-state index is 11.5. The van der Waals surface area contributed by atoms with Crippen LogP contribution < -0.4 is 5.32 Å². The Hall–Kier alpha value is -0.610. The molecule has 0 heterocycles. The van der Waals surface area contributed by atoms with Gasteiger partial charge in [0.15, 0.2) is 0 Å². The highest BCUT2D eigenvalue weighted by atomic mass is 16.5. The number of nitrogens with one attached hydrogen (secondary N) is 1. The first kappa shape index (κ1) is 12.5. The van der Waals surface area contributed by atoms with Crippen LogP contribution in [0.3, 0.4) is 0 Å². The number of hydrogen-bond donors (Lipinski definition) is 2. The highest BCUT2D eigenvalue weighted by molar-refractivity contribution is 5.76. The predicted molar refractivity (Wildman–Crippen MR) is 57.4 cm³/mol. The van der Waals surface area contributed by atoms with Crippen LogP contribution >= 0.6 is 0 Å². The molecule has 15 heavy (non-hydrogen) atoms. The third-order valence-corrected chi connectivity index (χ3v) is 2.93. The Morgan fingerprint density at radius 1 is 1.60 bits per heavy atom. The third kappa shape index (κ3) is 3.80. The van der Waals surface area contributed by atoms with Crippen LogP contribution in [0, 0.1) is 5.92 Å². The van der Waals surface area contributed by atoms with E-state index in [2.05, 4.69) is 12.2 Å². The van der Waals surface area contributed by atoms with Gasteiger partial charge in [0.25, 0.3) is 0 Å². The highest BCUT2D eigenvalue weighted by Gasteiger charge is 2.37. The smallest absolute Gasteiger partial charge is 0.323 e. The van der Waals surface area contributed by atoms with E-state index >= 15 is 0 Å². The molecule has 1 fully saturated rings. The summed E-state index contributed by atoms with van der Waals surface area (Å²) in [5.74, 6) is 0.263. The van der Waals surface area contributed by atoms with Crippen molar-refractivity contribution in [3.8, 4) is 0 Å². The Balaban J connectivity index is 2.45. The lowest BCUT2D eigenvalue weighted by atomic mass is 10.1. The number of ether oxygens (including phenoxy) is 1. The lowest BCUT2D eigenvalue weighted by Crippen LogP contribution is -2.45. The zero-order valence-corrected chi connectivity index (χ0v) is 9.53. The third-order valence-electron chi connectivity index (χ3n) is 2.93. The SMILES string of the molecule is CCC(CCO)NC(C(=O)OC)C1CC1. The molecule has 1 aliphatic rings. The second kappa shape index (κ2) is 6.08. The van der Waals surface area contributed by atoms with Crippen molar-refractivity contribution >= 4 is 5.97 Å². The Bertz CT molecular complexity index is 204. The van der Waals surface area contributed by atoms with E-state index in [-0.39, 0.29) is 24.7 Å². The summed E-state index contributed by atoms with van der Waals surface area (Å²) < 4.78 is 4.77. The molecule has 2 atom stereocenters. The zero-order valence-electron chi connectivity index (χ0n) is 9.53. The van der Waals surface area contributed by atoms with Crippen molar-refractivity contribution in [1.29, 1.82) is 0 Å². The van der Waals surface area contributed by atoms with Crippen molar-refractivity contribution < 1.29 is 14.6 Å². The van der Waals surface area contributed by atoms with E-state index in [0.717, 1.165) is 19.3 Å². The van der Waals surface area contributed by atoms with E-state index in [0.29, 0.717) is 12.3 Å². The van der Waals surface area contributed by atoms with Crippen LogP contribution in [0.4, 0.5) is 0 Å². The number of carbonyl (C=O) groups is 1. The van der Waals surface area contributed by atoms with Gasteiger partial charge in [0.2, 0.25) is 0 Å². The van der Waals surface area contributed by atoms with Crippen molar-refractivity contribution in [3.05, 3.63) is 0 Å². The topological polar surface area (TPSA) is 58.6 Å². The standard InChI is InChI=1S/C11H21NO3/c1-3-9(6-7-13)12-10(8-4-5-8)11(14)15-2/h8-10,12-13H,3-7H2,1-2H3. The molecule has 4 nitrogen and oxygen atoms in total. The summed E-state index contributed by atoms with van der Waals surface area (Å²) >= 11 is 0. The molecule has 88 valence electrons. The van der Waals surface area contributed by atoms with Gasteiger partial charge in [-0.2, -0.15) is 0 Å². The van der Waals surface area contributed by atoms with E-state index in [9.17, 15) is 4.79 Å². The summed E-state index contributed by atoms with van der Waals surface area (Å²) in [6.45, 7) is 2.21. The monoisotopic (exact) mass is 215 g/mol. The summed E-state index contributed by atoms with van der Waals surface area (Å²) in [6, 6.07) is 0.0335. The normalized spacial score (nSPS) is 19.7. The molecule has 0 aromatic carbocycles. The minimum Gasteiger partial charge on any atom is -0.468 e. The molecule has 0 aromatic heterocycles. The van der Waals surface area contributed by atoms with E-state index in [1.54, 1.807) is 0 Å². The van der Waals surface area contributed by atoms with Gasteiger partial charge in [-0.3, -0.25) is 4.79 Å². The fraction of sp³-hybridized carbons (Fsp3) is 0.909. The van der Waals surface area contributed by atoms with E-state index in [1.165, 1.54) is 7.11 Å². The fourth-order valence-electron chi connectivity index (χ4n) is 1.77. The molecule has 0 bridgehead atoms. The maximum atomic E-state index is 11.5. The van der Waals surface area contributed by atoms with E-state index in [4.69, 9.17) is 9.84 Å². The number of methoxy groups -OCH3 is 1. The van der Waals surface area contributed by atoms with Crippen molar-refractivity contribution in [2.75, 3.05) is 13.7 Å². The van der Waals surface area contributed by atoms with Crippen molar-refractivity contribution in [2.45, 2.75) is 44.7 Å². The van der Waals surface area contributed by atoms with Gasteiger partial charge in [-0.05, 0) is 31.6 Å². The molecule has 2 N–H and O–H groups in total. The highest BCUT2D eigenvalue weighted by Crippen LogP contribution is 2.33. The number of esters is 1. The van der Waals surface area contributed by atoms with E-state index < -0.39 is 0 Å². The Morgan fingerprint density at radius 3 is 2.67 bits per heavy atom. The Labute approximate surface area is 91.0 Å². The average molecular weight is 215 g/mol. The molecular weight excluding hydrogens is 194 g/mol. The van der Waals surface area contributed by atoms with Gasteiger partial charge in [0.05, 0.1) is 7.11 Å². The number of rotatable bonds is 7. The predicted octanol–water partition coefficient (Wildman–Crippen LogP) is 0.689. The fourth-order valence-corrected chi connectivity index (χ4v) is 1.77. The first-order valence-electron chi connectivity index (χ1n) is 5.67. The quantitative estimate of drug-likeness (QED) is 0.613. The molecule has 0 amide bonds. The first-order valence-corrected chi connectivity index (χ1v) is 5.67. The second-order valence-corrected chi connectivity index (χ2v) is 4.12. The molecule has 1 saturated carbocycles. The molecule has 2 unspecified atom stereocenters. The Kier molecular flexibility index (Phi) is 5.05. The molecule has 1 aliphatic carbocycles. The van der Waals surface area contributed by atoms with Crippen molar-refractivity contribution in [2.24, 2.45) is 5.92 Å².